The Kier molecular flexibility index (Phi) is 5.84. The Hall–Kier alpha value is -3.31. The molecule has 3 heterocycles. The predicted molar refractivity (Wildman–Crippen MR) is 135 cm³/mol. The summed E-state index contributed by atoms with van der Waals surface area (Å²) in [6.45, 7) is 4.01. The minimum absolute atomic E-state index is 0.199. The number of carbonyl (C=O) groups is 4. The number of imide groups is 1. The molecule has 0 bridgehead atoms. The first-order valence-electron chi connectivity index (χ1n) is 11.0. The first kappa shape index (κ1) is 23.4. The molecule has 1 aromatic heterocycles. The van der Waals surface area contributed by atoms with Gasteiger partial charge in [-0.1, -0.05) is 6.07 Å². The molecule has 2 aliphatic rings. The van der Waals surface area contributed by atoms with Crippen molar-refractivity contribution >= 4 is 66.9 Å². The summed E-state index contributed by atoms with van der Waals surface area (Å²) in [5.41, 5.74) is 1.87. The molecule has 11 heteroatoms. The maximum absolute atomic E-state index is 12.9. The summed E-state index contributed by atoms with van der Waals surface area (Å²) >= 11 is 5.05. The van der Waals surface area contributed by atoms with Crippen LogP contribution >= 0.6 is 27.3 Å². The van der Waals surface area contributed by atoms with Gasteiger partial charge in [0.15, 0.2) is 0 Å². The van der Waals surface area contributed by atoms with Crippen molar-refractivity contribution in [2.24, 2.45) is 0 Å². The molecule has 9 nitrogen and oxygen atoms in total. The van der Waals surface area contributed by atoms with Crippen LogP contribution in [-0.2, 0) is 21.7 Å². The number of piperidine rings is 1. The molecule has 2 aliphatic heterocycles. The smallest absolute Gasteiger partial charge is 0.319 e. The van der Waals surface area contributed by atoms with Gasteiger partial charge in [0.1, 0.15) is 11.0 Å². The highest BCUT2D eigenvalue weighted by molar-refractivity contribution is 9.10. The van der Waals surface area contributed by atoms with Gasteiger partial charge in [0.2, 0.25) is 11.8 Å². The first-order chi connectivity index (χ1) is 16.6. The van der Waals surface area contributed by atoms with Gasteiger partial charge in [-0.2, -0.15) is 0 Å². The van der Waals surface area contributed by atoms with E-state index in [0.717, 1.165) is 19.7 Å². The third kappa shape index (κ3) is 4.41. The van der Waals surface area contributed by atoms with Crippen LogP contribution < -0.4 is 16.0 Å². The number of anilines is 1. The van der Waals surface area contributed by atoms with Crippen molar-refractivity contribution in [2.45, 2.75) is 44.8 Å². The Morgan fingerprint density at radius 1 is 1.23 bits per heavy atom. The van der Waals surface area contributed by atoms with Gasteiger partial charge in [-0.25, -0.2) is 9.78 Å². The summed E-state index contributed by atoms with van der Waals surface area (Å²) in [6, 6.07) is 9.77. The van der Waals surface area contributed by atoms with Crippen LogP contribution in [-0.4, -0.2) is 39.7 Å². The van der Waals surface area contributed by atoms with Crippen molar-refractivity contribution in [3.05, 3.63) is 57.0 Å². The average molecular weight is 556 g/mol. The lowest BCUT2D eigenvalue weighted by Gasteiger charge is -2.29. The predicted octanol–water partition coefficient (Wildman–Crippen LogP) is 3.88. The number of rotatable bonds is 4. The van der Waals surface area contributed by atoms with E-state index in [-0.39, 0.29) is 24.8 Å². The highest BCUT2D eigenvalue weighted by Crippen LogP contribution is 2.34. The minimum atomic E-state index is -0.720. The molecule has 1 saturated heterocycles. The number of thiazole rings is 1. The first-order valence-corrected chi connectivity index (χ1v) is 12.7. The number of fused-ring (bicyclic) bond motifs is 2. The number of nitrogens with one attached hydrogen (secondary N) is 3. The maximum atomic E-state index is 12.9. The molecule has 0 radical (unpaired) electrons. The van der Waals surface area contributed by atoms with Crippen molar-refractivity contribution in [3.8, 4) is 0 Å². The molecule has 3 aromatic rings. The van der Waals surface area contributed by atoms with Crippen molar-refractivity contribution in [1.82, 2.24) is 20.5 Å². The van der Waals surface area contributed by atoms with E-state index >= 15 is 0 Å². The van der Waals surface area contributed by atoms with E-state index in [0.29, 0.717) is 23.2 Å². The monoisotopic (exact) mass is 555 g/mol. The fourth-order valence-electron chi connectivity index (χ4n) is 4.33. The van der Waals surface area contributed by atoms with E-state index in [1.54, 1.807) is 18.2 Å². The maximum Gasteiger partial charge on any atom is 0.319 e. The SMILES string of the molecule is CC(C)(NC(=O)Nc1ccc2c(c1)CN(C1CCC(=O)NC1=O)C2=O)c1nc2cccc(Br)c2s1. The van der Waals surface area contributed by atoms with Crippen molar-refractivity contribution < 1.29 is 19.2 Å². The number of amides is 5. The van der Waals surface area contributed by atoms with Gasteiger partial charge < -0.3 is 15.5 Å². The number of halogens is 1. The van der Waals surface area contributed by atoms with Gasteiger partial charge in [-0.3, -0.25) is 19.7 Å². The van der Waals surface area contributed by atoms with Crippen LogP contribution in [0.25, 0.3) is 10.2 Å². The second-order valence-corrected chi connectivity index (χ2v) is 10.9. The van der Waals surface area contributed by atoms with E-state index < -0.39 is 23.5 Å². The number of hydrogen-bond donors (Lipinski definition) is 3. The molecule has 5 amide bonds. The van der Waals surface area contributed by atoms with Gasteiger partial charge in [-0.15, -0.1) is 11.3 Å². The Labute approximate surface area is 213 Å². The molecule has 5 rings (SSSR count). The quantitative estimate of drug-likeness (QED) is 0.422. The van der Waals surface area contributed by atoms with Crippen LogP contribution in [0.15, 0.2) is 40.9 Å². The van der Waals surface area contributed by atoms with Crippen LogP contribution in [0.4, 0.5) is 10.5 Å². The van der Waals surface area contributed by atoms with E-state index in [1.807, 2.05) is 32.0 Å². The van der Waals surface area contributed by atoms with Gasteiger partial charge in [0.25, 0.3) is 5.91 Å². The number of hydrogen-bond acceptors (Lipinski definition) is 6. The summed E-state index contributed by atoms with van der Waals surface area (Å²) in [5, 5.41) is 8.86. The molecule has 180 valence electrons. The molecule has 3 N–H and O–H groups in total. The van der Waals surface area contributed by atoms with Gasteiger partial charge in [-0.05, 0) is 72.1 Å². The summed E-state index contributed by atoms with van der Waals surface area (Å²) in [4.78, 5) is 55.5. The molecule has 0 saturated carbocycles. The van der Waals surface area contributed by atoms with E-state index in [2.05, 4.69) is 36.9 Å². The summed E-state index contributed by atoms with van der Waals surface area (Å²) in [7, 11) is 0. The number of benzene rings is 2. The van der Waals surface area contributed by atoms with E-state index in [4.69, 9.17) is 0 Å². The van der Waals surface area contributed by atoms with Crippen LogP contribution in [0.5, 0.6) is 0 Å². The van der Waals surface area contributed by atoms with Gasteiger partial charge in [0, 0.05) is 28.7 Å². The molecule has 2 aromatic carbocycles. The molecular weight excluding hydrogens is 534 g/mol. The Morgan fingerprint density at radius 2 is 2.03 bits per heavy atom. The van der Waals surface area contributed by atoms with Crippen molar-refractivity contribution in [3.63, 3.8) is 0 Å². The molecule has 35 heavy (non-hydrogen) atoms. The number of aromatic nitrogens is 1. The Bertz CT molecular complexity index is 1400. The third-order valence-electron chi connectivity index (χ3n) is 6.11. The Morgan fingerprint density at radius 3 is 2.77 bits per heavy atom. The third-order valence-corrected chi connectivity index (χ3v) is 8.46. The highest BCUT2D eigenvalue weighted by Gasteiger charge is 2.39. The van der Waals surface area contributed by atoms with E-state index in [9.17, 15) is 19.2 Å². The van der Waals surface area contributed by atoms with Crippen LogP contribution in [0.1, 0.15) is 47.6 Å². The standard InChI is InChI=1S/C24H22BrN5O4S/c1-24(2,22-27-16-5-3-4-15(25)19(16)35-22)29-23(34)26-13-6-7-14-12(10-13)11-30(21(14)33)17-8-9-18(31)28-20(17)32/h3-7,10,17H,8-9,11H2,1-2H3,(H2,26,29,34)(H,28,31,32). The van der Waals surface area contributed by atoms with Crippen molar-refractivity contribution in [1.29, 1.82) is 0 Å². The van der Waals surface area contributed by atoms with Gasteiger partial charge >= 0.3 is 6.03 Å². The highest BCUT2D eigenvalue weighted by atomic mass is 79.9. The number of carbonyl (C=O) groups excluding carboxylic acids is 4. The van der Waals surface area contributed by atoms with Crippen molar-refractivity contribution in [2.75, 3.05) is 5.32 Å². The molecule has 1 atom stereocenters. The van der Waals surface area contributed by atoms with Crippen LogP contribution in [0.2, 0.25) is 0 Å². The fraction of sp³-hybridized carbons (Fsp3) is 0.292. The van der Waals surface area contributed by atoms with Crippen LogP contribution in [0.3, 0.4) is 0 Å². The average Bonchev–Trinajstić information content (AvgIpc) is 3.36. The molecule has 0 spiro atoms. The lowest BCUT2D eigenvalue weighted by Crippen LogP contribution is -2.52. The zero-order valence-corrected chi connectivity index (χ0v) is 21.4. The molecule has 0 aliphatic carbocycles. The molecular formula is C24H22BrN5O4S. The minimum Gasteiger partial charge on any atom is -0.326 e. The molecule has 1 fully saturated rings. The summed E-state index contributed by atoms with van der Waals surface area (Å²) < 4.78 is 1.97. The second-order valence-electron chi connectivity index (χ2n) is 9.08. The second kappa shape index (κ2) is 8.72. The number of urea groups is 1. The van der Waals surface area contributed by atoms with Crippen LogP contribution in [0, 0.1) is 0 Å². The lowest BCUT2D eigenvalue weighted by atomic mass is 10.0. The number of nitrogens with zero attached hydrogens (tertiary/aromatic N) is 2. The summed E-state index contributed by atoms with van der Waals surface area (Å²) in [5.74, 6) is -1.04. The topological polar surface area (TPSA) is 120 Å². The lowest BCUT2D eigenvalue weighted by molar-refractivity contribution is -0.136. The molecule has 1 unspecified atom stereocenters. The zero-order chi connectivity index (χ0) is 24.9. The zero-order valence-electron chi connectivity index (χ0n) is 19.0. The largest absolute Gasteiger partial charge is 0.326 e. The van der Waals surface area contributed by atoms with E-state index in [1.165, 1.54) is 16.2 Å². The summed E-state index contributed by atoms with van der Waals surface area (Å²) in [6.07, 6.45) is 0.500. The van der Waals surface area contributed by atoms with Gasteiger partial charge in [0.05, 0.1) is 15.8 Å². The normalized spacial score (nSPS) is 18.0. The fourth-order valence-corrected chi connectivity index (χ4v) is 5.96. The Balaban J connectivity index is 1.28.